The highest BCUT2D eigenvalue weighted by Gasteiger charge is 2.29. The van der Waals surface area contributed by atoms with E-state index in [4.69, 9.17) is 10.7 Å². The second kappa shape index (κ2) is 12.7. The Balaban J connectivity index is 1.27. The molecule has 42 heavy (non-hydrogen) atoms. The SMILES string of the molecule is C[C@@H]1[C@H](NCc2ccc(C(C)(C)C)cc2)CCCN1c1cnc(C(N)=O)c(Nc2ccc(N3CCN(C)CC3)cc2)n1. The van der Waals surface area contributed by atoms with Crippen LogP contribution in [-0.2, 0) is 12.0 Å². The Morgan fingerprint density at radius 1 is 1.00 bits per heavy atom. The van der Waals surface area contributed by atoms with E-state index in [9.17, 15) is 4.79 Å². The molecule has 1 aromatic heterocycles. The molecule has 2 atom stereocenters. The van der Waals surface area contributed by atoms with E-state index in [0.717, 1.165) is 63.6 Å². The first kappa shape index (κ1) is 29.8. The third-order valence-corrected chi connectivity index (χ3v) is 8.66. The minimum Gasteiger partial charge on any atom is -0.369 e. The molecule has 0 bridgehead atoms. The van der Waals surface area contributed by atoms with Crippen molar-refractivity contribution in [2.45, 2.75) is 64.6 Å². The van der Waals surface area contributed by atoms with Gasteiger partial charge in [0.05, 0.1) is 6.20 Å². The number of carbonyl (C=O) groups is 1. The van der Waals surface area contributed by atoms with Gasteiger partial charge in [-0.25, -0.2) is 9.97 Å². The molecule has 2 saturated heterocycles. The second-order valence-corrected chi connectivity index (χ2v) is 12.8. The van der Waals surface area contributed by atoms with Crippen molar-refractivity contribution in [3.8, 4) is 0 Å². The molecule has 0 aliphatic carbocycles. The number of primary amides is 1. The fourth-order valence-corrected chi connectivity index (χ4v) is 5.85. The van der Waals surface area contributed by atoms with Gasteiger partial charge in [0, 0.05) is 62.7 Å². The summed E-state index contributed by atoms with van der Waals surface area (Å²) in [6.45, 7) is 14.8. The topological polar surface area (TPSA) is 103 Å². The average molecular weight is 571 g/mol. The number of benzene rings is 2. The summed E-state index contributed by atoms with van der Waals surface area (Å²) in [6, 6.07) is 17.7. The molecule has 9 heteroatoms. The Morgan fingerprint density at radius 3 is 2.33 bits per heavy atom. The quantitative estimate of drug-likeness (QED) is 0.364. The Kier molecular flexibility index (Phi) is 8.99. The average Bonchev–Trinajstić information content (AvgIpc) is 2.97. The molecule has 2 aliphatic heterocycles. The van der Waals surface area contributed by atoms with Crippen LogP contribution in [0.5, 0.6) is 0 Å². The van der Waals surface area contributed by atoms with Crippen molar-refractivity contribution in [1.29, 1.82) is 0 Å². The van der Waals surface area contributed by atoms with Crippen LogP contribution in [0.15, 0.2) is 54.7 Å². The maximum atomic E-state index is 12.2. The lowest BCUT2D eigenvalue weighted by atomic mass is 9.86. The maximum Gasteiger partial charge on any atom is 0.271 e. The van der Waals surface area contributed by atoms with Crippen LogP contribution in [0.25, 0.3) is 0 Å². The number of nitrogens with zero attached hydrogens (tertiary/aromatic N) is 5. The van der Waals surface area contributed by atoms with E-state index >= 15 is 0 Å². The lowest BCUT2D eigenvalue weighted by molar-refractivity contribution is 0.0996. The first-order chi connectivity index (χ1) is 20.1. The number of piperidine rings is 1. The molecule has 4 N–H and O–H groups in total. The molecular formula is C33H46N8O. The zero-order valence-electron chi connectivity index (χ0n) is 25.7. The zero-order chi connectivity index (χ0) is 29.9. The molecule has 9 nitrogen and oxygen atoms in total. The molecule has 0 spiro atoms. The van der Waals surface area contributed by atoms with Crippen molar-refractivity contribution in [3.63, 3.8) is 0 Å². The van der Waals surface area contributed by atoms with E-state index in [1.807, 2.05) is 12.1 Å². The molecular weight excluding hydrogens is 524 g/mol. The summed E-state index contributed by atoms with van der Waals surface area (Å²) in [5, 5.41) is 7.09. The molecule has 1 amide bonds. The van der Waals surface area contributed by atoms with Crippen molar-refractivity contribution in [1.82, 2.24) is 20.2 Å². The third-order valence-electron chi connectivity index (χ3n) is 8.66. The highest BCUT2D eigenvalue weighted by Crippen LogP contribution is 2.28. The number of piperazine rings is 1. The molecule has 0 radical (unpaired) electrons. The number of hydrogen-bond acceptors (Lipinski definition) is 8. The minimum atomic E-state index is -0.602. The van der Waals surface area contributed by atoms with Crippen molar-refractivity contribution in [3.05, 3.63) is 71.5 Å². The van der Waals surface area contributed by atoms with Gasteiger partial charge in [-0.15, -0.1) is 0 Å². The number of likely N-dealkylation sites (N-methyl/N-ethyl adjacent to an activating group) is 1. The minimum absolute atomic E-state index is 0.139. The van der Waals surface area contributed by atoms with Gasteiger partial charge in [-0.05, 0) is 67.6 Å². The largest absolute Gasteiger partial charge is 0.369 e. The molecule has 224 valence electrons. The van der Waals surface area contributed by atoms with Crippen molar-refractivity contribution < 1.29 is 4.79 Å². The molecule has 2 aliphatic rings. The van der Waals surface area contributed by atoms with Gasteiger partial charge in [-0.3, -0.25) is 4.79 Å². The van der Waals surface area contributed by atoms with Crippen LogP contribution in [0.3, 0.4) is 0 Å². The predicted octanol–water partition coefficient (Wildman–Crippen LogP) is 4.52. The first-order valence-corrected chi connectivity index (χ1v) is 15.2. The van der Waals surface area contributed by atoms with Gasteiger partial charge in [0.25, 0.3) is 5.91 Å². The molecule has 3 aromatic rings. The number of amides is 1. The Hall–Kier alpha value is -3.69. The van der Waals surface area contributed by atoms with Crippen molar-refractivity contribution in [2.75, 3.05) is 54.9 Å². The maximum absolute atomic E-state index is 12.2. The highest BCUT2D eigenvalue weighted by molar-refractivity contribution is 5.96. The van der Waals surface area contributed by atoms with Crippen LogP contribution in [0, 0.1) is 0 Å². The summed E-state index contributed by atoms with van der Waals surface area (Å²) in [5.41, 5.74) is 10.6. The number of anilines is 4. The lowest BCUT2D eigenvalue weighted by Gasteiger charge is -2.40. The summed E-state index contributed by atoms with van der Waals surface area (Å²) in [7, 11) is 2.16. The fourth-order valence-electron chi connectivity index (χ4n) is 5.85. The van der Waals surface area contributed by atoms with Gasteiger partial charge in [-0.1, -0.05) is 45.0 Å². The number of hydrogen-bond donors (Lipinski definition) is 3. The Labute approximate surface area is 250 Å². The predicted molar refractivity (Wildman–Crippen MR) is 172 cm³/mol. The summed E-state index contributed by atoms with van der Waals surface area (Å²) in [5.74, 6) is 0.521. The monoisotopic (exact) mass is 570 g/mol. The van der Waals surface area contributed by atoms with Gasteiger partial charge in [0.15, 0.2) is 11.5 Å². The van der Waals surface area contributed by atoms with E-state index in [2.05, 4.69) is 101 Å². The van der Waals surface area contributed by atoms with Gasteiger partial charge < -0.3 is 31.1 Å². The fraction of sp³-hybridized carbons (Fsp3) is 0.485. The number of aromatic nitrogens is 2. The number of nitrogens with one attached hydrogen (secondary N) is 2. The Morgan fingerprint density at radius 2 is 1.69 bits per heavy atom. The Bertz CT molecular complexity index is 1340. The summed E-state index contributed by atoms with van der Waals surface area (Å²) < 4.78 is 0. The number of nitrogens with two attached hydrogens (primary N) is 1. The van der Waals surface area contributed by atoms with Gasteiger partial charge in [-0.2, -0.15) is 0 Å². The van der Waals surface area contributed by atoms with Crippen LogP contribution in [0.2, 0.25) is 0 Å². The third kappa shape index (κ3) is 7.02. The zero-order valence-corrected chi connectivity index (χ0v) is 25.7. The van der Waals surface area contributed by atoms with Gasteiger partial charge in [0.2, 0.25) is 0 Å². The van der Waals surface area contributed by atoms with E-state index < -0.39 is 5.91 Å². The lowest BCUT2D eigenvalue weighted by Crippen LogP contribution is -2.52. The van der Waals surface area contributed by atoms with Crippen LogP contribution in [-0.4, -0.2) is 72.6 Å². The smallest absolute Gasteiger partial charge is 0.271 e. The summed E-state index contributed by atoms with van der Waals surface area (Å²) >= 11 is 0. The van der Waals surface area contributed by atoms with Crippen LogP contribution in [0.1, 0.15) is 62.2 Å². The number of carbonyl (C=O) groups excluding carboxylic acids is 1. The van der Waals surface area contributed by atoms with E-state index in [-0.39, 0.29) is 17.2 Å². The molecule has 2 fully saturated rings. The highest BCUT2D eigenvalue weighted by atomic mass is 16.1. The summed E-state index contributed by atoms with van der Waals surface area (Å²) in [6.07, 6.45) is 3.81. The van der Waals surface area contributed by atoms with E-state index in [0.29, 0.717) is 11.9 Å². The van der Waals surface area contributed by atoms with Gasteiger partial charge in [0.1, 0.15) is 5.82 Å². The second-order valence-electron chi connectivity index (χ2n) is 12.8. The molecule has 3 heterocycles. The van der Waals surface area contributed by atoms with Crippen molar-refractivity contribution in [2.24, 2.45) is 5.73 Å². The molecule has 0 saturated carbocycles. The van der Waals surface area contributed by atoms with Gasteiger partial charge >= 0.3 is 0 Å². The van der Waals surface area contributed by atoms with Crippen molar-refractivity contribution >= 4 is 28.9 Å². The summed E-state index contributed by atoms with van der Waals surface area (Å²) in [4.78, 5) is 28.6. The van der Waals surface area contributed by atoms with Crippen LogP contribution < -0.4 is 26.2 Å². The molecule has 0 unspecified atom stereocenters. The molecule has 2 aromatic carbocycles. The standard InChI is InChI=1S/C33H46N8O/c1-23-28(35-21-24-8-10-25(11-9-24)33(2,3)4)7-6-16-41(23)29-22-36-30(31(34)42)32(38-29)37-26-12-14-27(15-13-26)40-19-17-39(5)18-20-40/h8-15,22-23,28,35H,6-7,16-21H2,1-5H3,(H2,34,42)(H,37,38)/t23-,28-/m1/s1. The van der Waals surface area contributed by atoms with Crippen LogP contribution >= 0.6 is 0 Å². The van der Waals surface area contributed by atoms with E-state index in [1.54, 1.807) is 6.20 Å². The first-order valence-electron chi connectivity index (χ1n) is 15.2. The van der Waals surface area contributed by atoms with E-state index in [1.165, 1.54) is 16.8 Å². The molecule has 5 rings (SSSR count). The normalized spacial score (nSPS) is 20.0. The van der Waals surface area contributed by atoms with Crippen LogP contribution in [0.4, 0.5) is 23.0 Å². The number of rotatable bonds is 8.